The number of hydrogen-bond donors (Lipinski definition) is 0. The maximum Gasteiger partial charge on any atom is 0.136 e. The first-order valence-electron chi connectivity index (χ1n) is 6.19. The Kier molecular flexibility index (Phi) is 1.81. The van der Waals surface area contributed by atoms with Crippen molar-refractivity contribution < 1.29 is 4.79 Å². The molecule has 0 aliphatic heterocycles. The molecule has 0 heterocycles. The molecule has 0 radical (unpaired) electrons. The second kappa shape index (κ2) is 2.84. The maximum absolute atomic E-state index is 12.1. The van der Waals surface area contributed by atoms with Gasteiger partial charge in [0.1, 0.15) is 5.78 Å². The normalized spacial score (nSPS) is 42.8. The van der Waals surface area contributed by atoms with Crippen LogP contribution in [0.4, 0.5) is 0 Å². The lowest BCUT2D eigenvalue weighted by atomic mass is 9.82. The molecule has 78 valence electrons. The number of carbonyl (C=O) groups is 1. The Balaban J connectivity index is 1.63. The summed E-state index contributed by atoms with van der Waals surface area (Å²) < 4.78 is 0. The summed E-state index contributed by atoms with van der Waals surface area (Å²) in [5.41, 5.74) is 0.429. The minimum Gasteiger partial charge on any atom is -0.299 e. The molecular formula is C13H20O. The highest BCUT2D eigenvalue weighted by atomic mass is 16.1. The fraction of sp³-hybridized carbons (Fsp3) is 0.923. The Bertz CT molecular complexity index is 264. The van der Waals surface area contributed by atoms with Crippen molar-refractivity contribution >= 4 is 5.78 Å². The van der Waals surface area contributed by atoms with Gasteiger partial charge >= 0.3 is 0 Å². The van der Waals surface area contributed by atoms with Crippen LogP contribution in [0.15, 0.2) is 0 Å². The Morgan fingerprint density at radius 1 is 1.29 bits per heavy atom. The molecule has 3 saturated carbocycles. The average molecular weight is 192 g/mol. The Morgan fingerprint density at radius 2 is 2.07 bits per heavy atom. The van der Waals surface area contributed by atoms with Gasteiger partial charge in [-0.15, -0.1) is 0 Å². The summed E-state index contributed by atoms with van der Waals surface area (Å²) >= 11 is 0. The molecule has 0 aromatic rings. The topological polar surface area (TPSA) is 17.1 Å². The number of Topliss-reactive ketones (excluding diaryl/α,β-unsaturated/α-hetero) is 1. The summed E-state index contributed by atoms with van der Waals surface area (Å²) in [5, 5.41) is 0. The molecule has 1 nitrogen and oxygen atoms in total. The molecule has 3 fully saturated rings. The van der Waals surface area contributed by atoms with E-state index in [1.54, 1.807) is 0 Å². The molecule has 0 N–H and O–H groups in total. The van der Waals surface area contributed by atoms with Gasteiger partial charge in [-0.25, -0.2) is 0 Å². The zero-order valence-corrected chi connectivity index (χ0v) is 9.09. The molecule has 3 unspecified atom stereocenters. The first kappa shape index (κ1) is 8.94. The molecule has 2 bridgehead atoms. The van der Waals surface area contributed by atoms with Crippen molar-refractivity contribution in [3.63, 3.8) is 0 Å². The van der Waals surface area contributed by atoms with Gasteiger partial charge in [0.05, 0.1) is 0 Å². The fourth-order valence-electron chi connectivity index (χ4n) is 3.58. The highest BCUT2D eigenvalue weighted by Crippen LogP contribution is 2.53. The molecule has 0 saturated heterocycles. The van der Waals surface area contributed by atoms with Crippen LogP contribution in [0, 0.1) is 23.2 Å². The van der Waals surface area contributed by atoms with Crippen LogP contribution in [-0.2, 0) is 4.79 Å². The van der Waals surface area contributed by atoms with Gasteiger partial charge in [0, 0.05) is 12.3 Å². The van der Waals surface area contributed by atoms with Crippen molar-refractivity contribution in [2.24, 2.45) is 23.2 Å². The molecule has 0 aromatic carbocycles. The zero-order valence-electron chi connectivity index (χ0n) is 9.09. The van der Waals surface area contributed by atoms with Gasteiger partial charge in [-0.1, -0.05) is 13.3 Å². The first-order chi connectivity index (χ1) is 6.66. The number of rotatable bonds is 3. The maximum atomic E-state index is 12.1. The van der Waals surface area contributed by atoms with Crippen molar-refractivity contribution in [2.75, 3.05) is 0 Å². The molecule has 0 spiro atoms. The second-order valence-corrected chi connectivity index (χ2v) is 6.24. The standard InChI is InChI=1S/C13H20O/c1-13(4-5-13)8-12(14)11-7-9-2-3-10(11)6-9/h9-11H,2-8H2,1H3. The summed E-state index contributed by atoms with van der Waals surface area (Å²) in [4.78, 5) is 12.1. The minimum absolute atomic E-state index is 0.429. The molecule has 3 aliphatic rings. The molecular weight excluding hydrogens is 172 g/mol. The highest BCUT2D eigenvalue weighted by molar-refractivity contribution is 5.82. The lowest BCUT2D eigenvalue weighted by Gasteiger charge is -2.21. The summed E-state index contributed by atoms with van der Waals surface area (Å²) in [6.07, 6.45) is 8.83. The molecule has 3 rings (SSSR count). The van der Waals surface area contributed by atoms with Gasteiger partial charge < -0.3 is 0 Å². The molecule has 0 amide bonds. The zero-order chi connectivity index (χ0) is 9.76. The molecule has 3 atom stereocenters. The van der Waals surface area contributed by atoms with E-state index in [0.29, 0.717) is 17.1 Å². The third-order valence-corrected chi connectivity index (χ3v) is 4.86. The molecule has 1 heteroatoms. The molecule has 14 heavy (non-hydrogen) atoms. The van der Waals surface area contributed by atoms with Crippen LogP contribution in [0.5, 0.6) is 0 Å². The first-order valence-corrected chi connectivity index (χ1v) is 6.19. The van der Waals surface area contributed by atoms with Crippen LogP contribution < -0.4 is 0 Å². The smallest absolute Gasteiger partial charge is 0.136 e. The van der Waals surface area contributed by atoms with Gasteiger partial charge in [0.2, 0.25) is 0 Å². The Labute approximate surface area is 86.3 Å². The summed E-state index contributed by atoms with van der Waals surface area (Å²) in [6, 6.07) is 0. The SMILES string of the molecule is CC1(CC(=O)C2CC3CCC2C3)CC1. The third-order valence-electron chi connectivity index (χ3n) is 4.86. The highest BCUT2D eigenvalue weighted by Gasteiger charge is 2.46. The van der Waals surface area contributed by atoms with E-state index in [4.69, 9.17) is 0 Å². The van der Waals surface area contributed by atoms with Crippen molar-refractivity contribution in [2.45, 2.75) is 51.9 Å². The number of hydrogen-bond acceptors (Lipinski definition) is 1. The van der Waals surface area contributed by atoms with E-state index in [2.05, 4.69) is 6.92 Å². The van der Waals surface area contributed by atoms with Crippen LogP contribution >= 0.6 is 0 Å². The predicted octanol–water partition coefficient (Wildman–Crippen LogP) is 3.18. The van der Waals surface area contributed by atoms with Crippen LogP contribution in [-0.4, -0.2) is 5.78 Å². The lowest BCUT2D eigenvalue weighted by molar-refractivity contribution is -0.125. The van der Waals surface area contributed by atoms with E-state index in [0.717, 1.165) is 18.3 Å². The quantitative estimate of drug-likeness (QED) is 0.671. The summed E-state index contributed by atoms with van der Waals surface area (Å²) in [5.74, 6) is 2.79. The Hall–Kier alpha value is -0.330. The van der Waals surface area contributed by atoms with Gasteiger partial charge in [0.15, 0.2) is 0 Å². The van der Waals surface area contributed by atoms with E-state index >= 15 is 0 Å². The van der Waals surface area contributed by atoms with Crippen molar-refractivity contribution in [1.29, 1.82) is 0 Å². The monoisotopic (exact) mass is 192 g/mol. The second-order valence-electron chi connectivity index (χ2n) is 6.24. The molecule has 3 aliphatic carbocycles. The number of ketones is 1. The summed E-state index contributed by atoms with van der Waals surface area (Å²) in [6.45, 7) is 2.28. The van der Waals surface area contributed by atoms with E-state index in [-0.39, 0.29) is 0 Å². The summed E-state index contributed by atoms with van der Waals surface area (Å²) in [7, 11) is 0. The van der Waals surface area contributed by atoms with Gasteiger partial charge in [-0.2, -0.15) is 0 Å². The van der Waals surface area contributed by atoms with E-state index in [9.17, 15) is 4.79 Å². The van der Waals surface area contributed by atoms with Crippen molar-refractivity contribution in [1.82, 2.24) is 0 Å². The number of carbonyl (C=O) groups excluding carboxylic acids is 1. The minimum atomic E-state index is 0.429. The largest absolute Gasteiger partial charge is 0.299 e. The average Bonchev–Trinajstić information content (AvgIpc) is 2.67. The van der Waals surface area contributed by atoms with Gasteiger partial charge in [-0.3, -0.25) is 4.79 Å². The predicted molar refractivity (Wildman–Crippen MR) is 55.9 cm³/mol. The van der Waals surface area contributed by atoms with Crippen LogP contribution in [0.2, 0.25) is 0 Å². The van der Waals surface area contributed by atoms with Crippen molar-refractivity contribution in [3.8, 4) is 0 Å². The Morgan fingerprint density at radius 3 is 2.57 bits per heavy atom. The fourth-order valence-corrected chi connectivity index (χ4v) is 3.58. The van der Waals surface area contributed by atoms with E-state index in [1.807, 2.05) is 0 Å². The molecule has 0 aromatic heterocycles. The third kappa shape index (κ3) is 1.41. The van der Waals surface area contributed by atoms with Crippen molar-refractivity contribution in [3.05, 3.63) is 0 Å². The van der Waals surface area contributed by atoms with Gasteiger partial charge in [0.25, 0.3) is 0 Å². The number of fused-ring (bicyclic) bond motifs is 2. The van der Waals surface area contributed by atoms with Gasteiger partial charge in [-0.05, 0) is 49.4 Å². The van der Waals surface area contributed by atoms with Crippen LogP contribution in [0.3, 0.4) is 0 Å². The van der Waals surface area contributed by atoms with Crippen LogP contribution in [0.25, 0.3) is 0 Å². The van der Waals surface area contributed by atoms with Crippen LogP contribution in [0.1, 0.15) is 51.9 Å². The van der Waals surface area contributed by atoms with E-state index < -0.39 is 0 Å². The lowest BCUT2D eigenvalue weighted by Crippen LogP contribution is -2.22. The van der Waals surface area contributed by atoms with E-state index in [1.165, 1.54) is 38.5 Å².